The number of amides is 1. The maximum atomic E-state index is 13.3. The standard InChI is InChI=1S/C59H97NO18/c1-3-5-7-9-11-13-15-17-19-21-23-25-27-29-31-33-35-37-47(65)60-42(43(64)36-34-32-30-28-26-24-22-20-18-16-14-12-10-8-6-4-2)41-73-57-53(71)50(68)55(45(39-62)75-57)78-59-54(72)51(69)56(46(40-63)76-59)77-58-52(70)49(67)48(66)44(38-61)74-58/h5,7,11,13,17-20,23,25-26,28-29,31,34,36,42-46,48-59,61-64,66-72H,3-4,6,8-10,12,14-16,21-22,24,27,30,32-33,35,37-41H2,1-2H3,(H,60,65)/b7-5-,13-11-,19-17-,20-18+,25-23-,28-26+,31-29-,36-34+. The lowest BCUT2D eigenvalue weighted by molar-refractivity contribution is -0.379. The first-order valence-electron chi connectivity index (χ1n) is 28.5. The van der Waals surface area contributed by atoms with Gasteiger partial charge in [-0.2, -0.15) is 0 Å². The largest absolute Gasteiger partial charge is 0.394 e. The third kappa shape index (κ3) is 25.7. The Kier molecular flexibility index (Phi) is 36.8. The molecule has 1 amide bonds. The van der Waals surface area contributed by atoms with Gasteiger partial charge in [-0.05, 0) is 83.5 Å². The van der Waals surface area contributed by atoms with Crippen LogP contribution in [0.1, 0.15) is 136 Å². The molecule has 3 fully saturated rings. The van der Waals surface area contributed by atoms with Crippen molar-refractivity contribution in [2.24, 2.45) is 0 Å². The fourth-order valence-electron chi connectivity index (χ4n) is 8.90. The molecule has 0 aromatic carbocycles. The van der Waals surface area contributed by atoms with E-state index in [1.165, 1.54) is 38.5 Å². The second-order valence-corrected chi connectivity index (χ2v) is 20.0. The van der Waals surface area contributed by atoms with Gasteiger partial charge >= 0.3 is 0 Å². The topological polar surface area (TPSA) is 307 Å². The highest BCUT2D eigenvalue weighted by Gasteiger charge is 2.53. The van der Waals surface area contributed by atoms with E-state index in [2.05, 4.69) is 92.1 Å². The Hall–Kier alpha value is -3.29. The van der Waals surface area contributed by atoms with Gasteiger partial charge in [0.15, 0.2) is 18.9 Å². The first-order valence-corrected chi connectivity index (χ1v) is 28.5. The van der Waals surface area contributed by atoms with Crippen LogP contribution in [-0.4, -0.2) is 193 Å². The number of hydrogen-bond donors (Lipinski definition) is 12. The van der Waals surface area contributed by atoms with Crippen LogP contribution in [0.25, 0.3) is 0 Å². The van der Waals surface area contributed by atoms with Gasteiger partial charge in [0, 0.05) is 6.42 Å². The summed E-state index contributed by atoms with van der Waals surface area (Å²) in [6.45, 7) is 1.48. The summed E-state index contributed by atoms with van der Waals surface area (Å²) < 4.78 is 34.1. The molecule has 0 radical (unpaired) electrons. The smallest absolute Gasteiger partial charge is 0.220 e. The molecule has 12 N–H and O–H groups in total. The molecule has 3 aliphatic rings. The summed E-state index contributed by atoms with van der Waals surface area (Å²) in [5.41, 5.74) is 0. The second kappa shape index (κ2) is 41.7. The summed E-state index contributed by atoms with van der Waals surface area (Å²) in [7, 11) is 0. The van der Waals surface area contributed by atoms with Crippen molar-refractivity contribution in [1.82, 2.24) is 5.32 Å². The van der Waals surface area contributed by atoms with Crippen LogP contribution in [0.2, 0.25) is 0 Å². The molecule has 0 bridgehead atoms. The van der Waals surface area contributed by atoms with Gasteiger partial charge in [-0.15, -0.1) is 0 Å². The van der Waals surface area contributed by atoms with Gasteiger partial charge in [0.1, 0.15) is 73.2 Å². The maximum Gasteiger partial charge on any atom is 0.220 e. The van der Waals surface area contributed by atoms with Crippen molar-refractivity contribution < 1.29 is 89.4 Å². The average molecular weight is 1110 g/mol. The molecule has 0 aromatic rings. The Morgan fingerprint density at radius 3 is 1.44 bits per heavy atom. The highest BCUT2D eigenvalue weighted by atomic mass is 16.8. The minimum atomic E-state index is -1.99. The lowest BCUT2D eigenvalue weighted by Crippen LogP contribution is -2.66. The van der Waals surface area contributed by atoms with Gasteiger partial charge in [-0.1, -0.05) is 143 Å². The van der Waals surface area contributed by atoms with Crippen LogP contribution in [0.5, 0.6) is 0 Å². The molecule has 0 spiro atoms. The highest BCUT2D eigenvalue weighted by molar-refractivity contribution is 5.76. The number of ether oxygens (including phenoxy) is 6. The van der Waals surface area contributed by atoms with Gasteiger partial charge in [0.2, 0.25) is 5.91 Å². The molecule has 446 valence electrons. The van der Waals surface area contributed by atoms with E-state index in [1.54, 1.807) is 12.2 Å². The van der Waals surface area contributed by atoms with Crippen LogP contribution in [-0.2, 0) is 33.2 Å². The normalized spacial score (nSPS) is 31.2. The number of unbranched alkanes of at least 4 members (excludes halogenated alkanes) is 9. The molecule has 78 heavy (non-hydrogen) atoms. The lowest BCUT2D eigenvalue weighted by Gasteiger charge is -2.48. The molecule has 19 nitrogen and oxygen atoms in total. The predicted octanol–water partition coefficient (Wildman–Crippen LogP) is 4.20. The van der Waals surface area contributed by atoms with Crippen LogP contribution in [0.15, 0.2) is 97.2 Å². The maximum absolute atomic E-state index is 13.3. The molecular weight excluding hydrogens is 1010 g/mol. The van der Waals surface area contributed by atoms with E-state index in [4.69, 9.17) is 28.4 Å². The highest BCUT2D eigenvalue weighted by Crippen LogP contribution is 2.33. The monoisotopic (exact) mass is 1110 g/mol. The molecule has 0 aromatic heterocycles. The zero-order valence-electron chi connectivity index (χ0n) is 46.1. The third-order valence-electron chi connectivity index (χ3n) is 13.6. The quantitative estimate of drug-likeness (QED) is 0.0303. The first-order chi connectivity index (χ1) is 37.8. The number of carbonyl (C=O) groups is 1. The van der Waals surface area contributed by atoms with Crippen molar-refractivity contribution in [3.63, 3.8) is 0 Å². The molecular formula is C59H97NO18. The summed E-state index contributed by atoms with van der Waals surface area (Å²) in [4.78, 5) is 13.3. The number of nitrogens with one attached hydrogen (secondary N) is 1. The Morgan fingerprint density at radius 1 is 0.474 bits per heavy atom. The van der Waals surface area contributed by atoms with Gasteiger partial charge in [0.25, 0.3) is 0 Å². The van der Waals surface area contributed by atoms with Crippen molar-refractivity contribution in [1.29, 1.82) is 0 Å². The Bertz CT molecular complexity index is 1800. The Morgan fingerprint density at radius 2 is 0.897 bits per heavy atom. The van der Waals surface area contributed by atoms with Crippen molar-refractivity contribution in [3.8, 4) is 0 Å². The zero-order valence-corrected chi connectivity index (χ0v) is 46.1. The fraction of sp³-hybridized carbons (Fsp3) is 0.712. The predicted molar refractivity (Wildman–Crippen MR) is 295 cm³/mol. The Labute approximate surface area is 463 Å². The van der Waals surface area contributed by atoms with Crippen LogP contribution in [0, 0.1) is 0 Å². The second-order valence-electron chi connectivity index (χ2n) is 20.0. The van der Waals surface area contributed by atoms with Crippen LogP contribution < -0.4 is 5.32 Å². The number of hydrogen-bond acceptors (Lipinski definition) is 18. The minimum Gasteiger partial charge on any atom is -0.394 e. The minimum absolute atomic E-state index is 0.148. The van der Waals surface area contributed by atoms with Gasteiger partial charge in [-0.25, -0.2) is 0 Å². The Balaban J connectivity index is 1.57. The fourth-order valence-corrected chi connectivity index (χ4v) is 8.90. The number of rotatable bonds is 39. The van der Waals surface area contributed by atoms with E-state index in [9.17, 15) is 61.0 Å². The van der Waals surface area contributed by atoms with Gasteiger partial charge < -0.3 is 89.9 Å². The molecule has 0 saturated carbocycles. The van der Waals surface area contributed by atoms with E-state index in [1.807, 2.05) is 12.2 Å². The third-order valence-corrected chi connectivity index (χ3v) is 13.6. The summed E-state index contributed by atoms with van der Waals surface area (Å²) in [5, 5.41) is 120. The molecule has 19 heteroatoms. The summed E-state index contributed by atoms with van der Waals surface area (Å²) in [6.07, 6.45) is 24.0. The van der Waals surface area contributed by atoms with E-state index in [-0.39, 0.29) is 12.3 Å². The molecule has 3 rings (SSSR count). The zero-order chi connectivity index (χ0) is 56.9. The molecule has 3 heterocycles. The van der Waals surface area contributed by atoms with Crippen molar-refractivity contribution in [2.45, 2.75) is 240 Å². The van der Waals surface area contributed by atoms with E-state index < -0.39 is 131 Å². The average Bonchev–Trinajstić information content (AvgIpc) is 3.45. The van der Waals surface area contributed by atoms with Crippen LogP contribution in [0.3, 0.4) is 0 Å². The van der Waals surface area contributed by atoms with Crippen molar-refractivity contribution in [2.75, 3.05) is 26.4 Å². The molecule has 17 unspecified atom stereocenters. The first kappa shape index (κ1) is 69.0. The molecule has 0 aliphatic carbocycles. The van der Waals surface area contributed by atoms with E-state index >= 15 is 0 Å². The van der Waals surface area contributed by atoms with E-state index in [0.717, 1.165) is 57.8 Å². The summed E-state index contributed by atoms with van der Waals surface area (Å²) in [6, 6.07) is -1.03. The van der Waals surface area contributed by atoms with Crippen molar-refractivity contribution >= 4 is 5.91 Å². The van der Waals surface area contributed by atoms with Gasteiger partial charge in [-0.3, -0.25) is 4.79 Å². The van der Waals surface area contributed by atoms with Crippen LogP contribution in [0.4, 0.5) is 0 Å². The molecule has 3 aliphatic heterocycles. The summed E-state index contributed by atoms with van der Waals surface area (Å²) in [5.74, 6) is -0.352. The molecule has 3 saturated heterocycles. The number of carbonyl (C=O) groups excluding carboxylic acids is 1. The number of aliphatic hydroxyl groups excluding tert-OH is 11. The molecule has 17 atom stereocenters. The summed E-state index contributed by atoms with van der Waals surface area (Å²) >= 11 is 0. The number of allylic oxidation sites excluding steroid dienone is 15. The van der Waals surface area contributed by atoms with Crippen LogP contribution >= 0.6 is 0 Å². The lowest BCUT2D eigenvalue weighted by atomic mass is 9.96. The van der Waals surface area contributed by atoms with Crippen molar-refractivity contribution in [3.05, 3.63) is 97.2 Å². The van der Waals surface area contributed by atoms with Gasteiger partial charge in [0.05, 0.1) is 38.6 Å². The number of aliphatic hydroxyl groups is 11. The van der Waals surface area contributed by atoms with E-state index in [0.29, 0.717) is 19.3 Å². The SMILES string of the molecule is CC/C=C\C/C=C\C/C=C\C/C=C\C/C=C\CCCC(=O)NC(COC1OC(CO)C(OC2OC(CO)C(OC3OC(CO)C(O)C(O)C3O)C(O)C2O)C(O)C1O)C(O)/C=C/CC/C=C/CC/C=C/CCCCCCCC.